The lowest BCUT2D eigenvalue weighted by Gasteiger charge is -2.24. The molecule has 0 bridgehead atoms. The Balaban J connectivity index is 2.01. The molecule has 2 unspecified atom stereocenters. The summed E-state index contributed by atoms with van der Waals surface area (Å²) in [5.74, 6) is -3.15. The number of rotatable bonds is 5. The van der Waals surface area contributed by atoms with Crippen LogP contribution in [0.2, 0.25) is 0 Å². The summed E-state index contributed by atoms with van der Waals surface area (Å²) in [5, 5.41) is 0. The fourth-order valence-corrected chi connectivity index (χ4v) is 2.83. The Labute approximate surface area is 115 Å². The second kappa shape index (κ2) is 6.02. The Kier molecular flexibility index (Phi) is 4.55. The summed E-state index contributed by atoms with van der Waals surface area (Å²) in [6.45, 7) is 2.03. The molecule has 20 heavy (non-hydrogen) atoms. The Morgan fingerprint density at radius 3 is 2.60 bits per heavy atom. The van der Waals surface area contributed by atoms with Crippen LogP contribution in [0.4, 0.5) is 17.6 Å². The molecule has 0 amide bonds. The molecule has 112 valence electrons. The maximum Gasteiger partial charge on any atom is 0.400 e. The fourth-order valence-electron chi connectivity index (χ4n) is 2.83. The molecule has 1 nitrogen and oxygen atoms in total. The number of halogens is 4. The minimum absolute atomic E-state index is 0.310. The molecule has 1 aromatic carbocycles. The fraction of sp³-hybridized carbons (Fsp3) is 0.600. The second-order valence-electron chi connectivity index (χ2n) is 5.40. The third kappa shape index (κ3) is 3.44. The van der Waals surface area contributed by atoms with Gasteiger partial charge in [-0.2, -0.15) is 8.78 Å². The van der Waals surface area contributed by atoms with Crippen molar-refractivity contribution >= 4 is 0 Å². The molecule has 2 rings (SSSR count). The summed E-state index contributed by atoms with van der Waals surface area (Å²) < 4.78 is 58.4. The van der Waals surface area contributed by atoms with Crippen LogP contribution in [0.1, 0.15) is 39.0 Å². The predicted molar refractivity (Wildman–Crippen MR) is 67.7 cm³/mol. The van der Waals surface area contributed by atoms with Crippen molar-refractivity contribution in [2.45, 2.75) is 45.1 Å². The first-order chi connectivity index (χ1) is 9.42. The first-order valence-corrected chi connectivity index (χ1v) is 6.94. The third-order valence-corrected chi connectivity index (χ3v) is 3.86. The van der Waals surface area contributed by atoms with E-state index in [1.165, 1.54) is 0 Å². The molecule has 1 fully saturated rings. The quantitative estimate of drug-likeness (QED) is 0.681. The van der Waals surface area contributed by atoms with E-state index in [0.29, 0.717) is 24.8 Å². The van der Waals surface area contributed by atoms with Gasteiger partial charge in [0.1, 0.15) is 5.75 Å². The van der Waals surface area contributed by atoms with Crippen molar-refractivity contribution in [2.24, 2.45) is 11.8 Å². The Morgan fingerprint density at radius 2 is 1.95 bits per heavy atom. The van der Waals surface area contributed by atoms with Gasteiger partial charge in [-0.1, -0.05) is 19.8 Å². The van der Waals surface area contributed by atoms with E-state index in [0.717, 1.165) is 31.4 Å². The van der Waals surface area contributed by atoms with E-state index >= 15 is 0 Å². The summed E-state index contributed by atoms with van der Waals surface area (Å²) in [6, 6.07) is 2.46. The van der Waals surface area contributed by atoms with Crippen molar-refractivity contribution in [3.05, 3.63) is 29.8 Å². The van der Waals surface area contributed by atoms with Crippen LogP contribution in [0.15, 0.2) is 18.2 Å². The molecule has 0 radical (unpaired) electrons. The number of hydrogen-bond donors (Lipinski definition) is 0. The van der Waals surface area contributed by atoms with Crippen molar-refractivity contribution in [1.82, 2.24) is 0 Å². The minimum atomic E-state index is -3.34. The third-order valence-electron chi connectivity index (χ3n) is 3.86. The topological polar surface area (TPSA) is 9.23 Å². The molecule has 5 heteroatoms. The SMILES string of the molecule is CCCC1CCC(C(F)(F)Oc2ccc(F)c(F)c2)C1. The second-order valence-corrected chi connectivity index (χ2v) is 5.40. The van der Waals surface area contributed by atoms with E-state index < -0.39 is 23.7 Å². The van der Waals surface area contributed by atoms with Gasteiger partial charge in [-0.15, -0.1) is 0 Å². The summed E-state index contributed by atoms with van der Waals surface area (Å²) in [5.41, 5.74) is 0. The van der Waals surface area contributed by atoms with Crippen molar-refractivity contribution < 1.29 is 22.3 Å². The van der Waals surface area contributed by atoms with Gasteiger partial charge in [0.15, 0.2) is 11.6 Å². The lowest BCUT2D eigenvalue weighted by Crippen LogP contribution is -2.33. The molecular formula is C15H18F4O. The maximum absolute atomic E-state index is 14.0. The smallest absolute Gasteiger partial charge is 0.400 e. The number of ether oxygens (including phenoxy) is 1. The van der Waals surface area contributed by atoms with E-state index in [2.05, 4.69) is 4.74 Å². The summed E-state index contributed by atoms with van der Waals surface area (Å²) in [6.07, 6.45) is 0.179. The molecule has 1 aliphatic carbocycles. The highest BCUT2D eigenvalue weighted by Crippen LogP contribution is 2.43. The average Bonchev–Trinajstić information content (AvgIpc) is 2.83. The van der Waals surface area contributed by atoms with Gasteiger partial charge in [0.25, 0.3) is 0 Å². The normalized spacial score (nSPS) is 23.1. The van der Waals surface area contributed by atoms with Crippen molar-refractivity contribution in [2.75, 3.05) is 0 Å². The molecule has 1 aliphatic rings. The zero-order valence-electron chi connectivity index (χ0n) is 11.3. The molecule has 0 aliphatic heterocycles. The summed E-state index contributed by atoms with van der Waals surface area (Å²) in [7, 11) is 0. The summed E-state index contributed by atoms with van der Waals surface area (Å²) in [4.78, 5) is 0. The molecule has 0 saturated heterocycles. The van der Waals surface area contributed by atoms with Crippen molar-refractivity contribution in [3.63, 3.8) is 0 Å². The molecule has 1 aromatic rings. The van der Waals surface area contributed by atoms with Crippen LogP contribution in [0.5, 0.6) is 5.75 Å². The molecule has 0 heterocycles. The van der Waals surface area contributed by atoms with Crippen LogP contribution >= 0.6 is 0 Å². The highest BCUT2D eigenvalue weighted by molar-refractivity contribution is 5.24. The van der Waals surface area contributed by atoms with Crippen LogP contribution in [-0.2, 0) is 0 Å². The summed E-state index contributed by atoms with van der Waals surface area (Å²) >= 11 is 0. The first kappa shape index (κ1) is 15.1. The standard InChI is InChI=1S/C15H18F4O/c1-2-3-10-4-5-11(8-10)15(18,19)20-12-6-7-13(16)14(17)9-12/h6-7,9-11H,2-5,8H2,1H3. The van der Waals surface area contributed by atoms with Crippen LogP contribution < -0.4 is 4.74 Å². The van der Waals surface area contributed by atoms with Crippen molar-refractivity contribution in [1.29, 1.82) is 0 Å². The average molecular weight is 290 g/mol. The maximum atomic E-state index is 14.0. The Hall–Kier alpha value is -1.26. The van der Waals surface area contributed by atoms with Gasteiger partial charge >= 0.3 is 6.11 Å². The van der Waals surface area contributed by atoms with Crippen LogP contribution in [-0.4, -0.2) is 6.11 Å². The lowest BCUT2D eigenvalue weighted by atomic mass is 10.00. The van der Waals surface area contributed by atoms with E-state index in [9.17, 15) is 17.6 Å². The van der Waals surface area contributed by atoms with Gasteiger partial charge in [0.2, 0.25) is 0 Å². The predicted octanol–water partition coefficient (Wildman–Crippen LogP) is 5.15. The lowest BCUT2D eigenvalue weighted by molar-refractivity contribution is -0.214. The van der Waals surface area contributed by atoms with E-state index in [1.54, 1.807) is 0 Å². The van der Waals surface area contributed by atoms with Crippen LogP contribution in [0, 0.1) is 23.5 Å². The van der Waals surface area contributed by atoms with Gasteiger partial charge in [0.05, 0.1) is 5.92 Å². The number of hydrogen-bond acceptors (Lipinski definition) is 1. The highest BCUT2D eigenvalue weighted by atomic mass is 19.3. The monoisotopic (exact) mass is 290 g/mol. The number of alkyl halides is 2. The van der Waals surface area contributed by atoms with Gasteiger partial charge in [-0.25, -0.2) is 8.78 Å². The van der Waals surface area contributed by atoms with Gasteiger partial charge in [0, 0.05) is 6.07 Å². The molecule has 1 saturated carbocycles. The molecular weight excluding hydrogens is 272 g/mol. The largest absolute Gasteiger partial charge is 0.432 e. The molecule has 2 atom stereocenters. The number of benzene rings is 1. The Bertz CT molecular complexity index is 461. The Morgan fingerprint density at radius 1 is 1.20 bits per heavy atom. The molecule has 0 spiro atoms. The molecule has 0 aromatic heterocycles. The van der Waals surface area contributed by atoms with Crippen LogP contribution in [0.3, 0.4) is 0 Å². The van der Waals surface area contributed by atoms with Crippen molar-refractivity contribution in [3.8, 4) is 5.75 Å². The molecule has 0 N–H and O–H groups in total. The zero-order valence-corrected chi connectivity index (χ0v) is 11.3. The van der Waals surface area contributed by atoms with E-state index in [-0.39, 0.29) is 5.75 Å². The van der Waals surface area contributed by atoms with Crippen LogP contribution in [0.25, 0.3) is 0 Å². The minimum Gasteiger partial charge on any atom is -0.432 e. The highest BCUT2D eigenvalue weighted by Gasteiger charge is 2.46. The van der Waals surface area contributed by atoms with Gasteiger partial charge in [-0.05, 0) is 37.3 Å². The zero-order chi connectivity index (χ0) is 14.8. The van der Waals surface area contributed by atoms with E-state index in [1.807, 2.05) is 6.92 Å². The van der Waals surface area contributed by atoms with Gasteiger partial charge < -0.3 is 4.74 Å². The van der Waals surface area contributed by atoms with E-state index in [4.69, 9.17) is 0 Å². The first-order valence-electron chi connectivity index (χ1n) is 6.94. The van der Waals surface area contributed by atoms with Gasteiger partial charge in [-0.3, -0.25) is 0 Å².